The minimum Gasteiger partial charge on any atom is -0.332 e. The van der Waals surface area contributed by atoms with Gasteiger partial charge in [-0.25, -0.2) is 0 Å². The van der Waals surface area contributed by atoms with Gasteiger partial charge in [0, 0.05) is 6.20 Å². The monoisotopic (exact) mass is 123 g/mol. The third kappa shape index (κ3) is 1.19. The van der Waals surface area contributed by atoms with Crippen LogP contribution in [-0.2, 0) is 4.79 Å². The van der Waals surface area contributed by atoms with Gasteiger partial charge in [0.1, 0.15) is 0 Å². The first-order valence-corrected chi connectivity index (χ1v) is 2.92. The van der Waals surface area contributed by atoms with Crippen molar-refractivity contribution in [1.29, 1.82) is 0 Å². The van der Waals surface area contributed by atoms with Crippen molar-refractivity contribution in [2.24, 2.45) is 5.92 Å². The fourth-order valence-corrected chi connectivity index (χ4v) is 0.806. The molecule has 48 valence electrons. The highest BCUT2D eigenvalue weighted by Gasteiger charge is 2.16. The van der Waals surface area contributed by atoms with E-state index in [9.17, 15) is 4.79 Å². The molecule has 0 aliphatic carbocycles. The molecule has 1 amide bonds. The lowest BCUT2D eigenvalue weighted by Gasteiger charge is -1.98. The second kappa shape index (κ2) is 2.49. The fourth-order valence-electron chi connectivity index (χ4n) is 0.806. The Labute approximate surface area is 54.3 Å². The molecular weight excluding hydrogens is 114 g/mol. The Balaban J connectivity index is 2.48. The maximum atomic E-state index is 10.7. The summed E-state index contributed by atoms with van der Waals surface area (Å²) in [4.78, 5) is 10.7. The quantitative estimate of drug-likeness (QED) is 0.541. The fraction of sp³-hybridized carbons (Fsp3) is 0.286. The zero-order valence-corrected chi connectivity index (χ0v) is 5.13. The van der Waals surface area contributed by atoms with Crippen molar-refractivity contribution in [1.82, 2.24) is 5.32 Å². The Kier molecular flexibility index (Phi) is 1.68. The molecular formula is C7H9NO. The average Bonchev–Trinajstić information content (AvgIpc) is 2.18. The number of carbonyl (C=O) groups is 1. The number of hydrogen-bond acceptors (Lipinski definition) is 1. The minimum atomic E-state index is 0.0301. The molecule has 0 aromatic rings. The number of carbonyl (C=O) groups excluding carboxylic acids is 1. The summed E-state index contributed by atoms with van der Waals surface area (Å²) in [6, 6.07) is 0. The van der Waals surface area contributed by atoms with Crippen molar-refractivity contribution in [2.75, 3.05) is 0 Å². The molecule has 9 heavy (non-hydrogen) atoms. The predicted molar refractivity (Wildman–Crippen MR) is 35.6 cm³/mol. The summed E-state index contributed by atoms with van der Waals surface area (Å²) in [5.74, 6) is 0.109. The molecule has 1 N–H and O–H groups in total. The van der Waals surface area contributed by atoms with Crippen LogP contribution < -0.4 is 5.32 Å². The van der Waals surface area contributed by atoms with Crippen molar-refractivity contribution in [3.63, 3.8) is 0 Å². The van der Waals surface area contributed by atoms with E-state index in [1.54, 1.807) is 12.3 Å². The van der Waals surface area contributed by atoms with Crippen LogP contribution in [0.25, 0.3) is 0 Å². The molecule has 1 atom stereocenters. The van der Waals surface area contributed by atoms with Crippen LogP contribution in [0.5, 0.6) is 0 Å². The molecule has 1 rings (SSSR count). The predicted octanol–water partition coefficient (Wildman–Crippen LogP) is 0.822. The van der Waals surface area contributed by atoms with Crippen molar-refractivity contribution in [2.45, 2.75) is 6.42 Å². The maximum Gasteiger partial charge on any atom is 0.231 e. The number of nitrogens with one attached hydrogen (secondary N) is 1. The van der Waals surface area contributed by atoms with Gasteiger partial charge in [-0.15, -0.1) is 6.58 Å². The number of amides is 1. The van der Waals surface area contributed by atoms with E-state index in [-0.39, 0.29) is 11.8 Å². The second-order valence-corrected chi connectivity index (χ2v) is 2.00. The van der Waals surface area contributed by atoms with Gasteiger partial charge in [0.15, 0.2) is 0 Å². The zero-order valence-electron chi connectivity index (χ0n) is 5.13. The highest BCUT2D eigenvalue weighted by atomic mass is 16.2. The van der Waals surface area contributed by atoms with Crippen LogP contribution in [0.3, 0.4) is 0 Å². The number of rotatable bonds is 2. The van der Waals surface area contributed by atoms with Gasteiger partial charge in [0.05, 0.1) is 5.92 Å². The molecule has 0 spiro atoms. The molecule has 0 saturated carbocycles. The maximum absolute atomic E-state index is 10.7. The number of hydrogen-bond donors (Lipinski definition) is 1. The Bertz CT molecular complexity index is 160. The van der Waals surface area contributed by atoms with Crippen LogP contribution in [0.15, 0.2) is 24.9 Å². The Morgan fingerprint density at radius 1 is 1.89 bits per heavy atom. The Morgan fingerprint density at radius 2 is 2.67 bits per heavy atom. The van der Waals surface area contributed by atoms with E-state index in [0.717, 1.165) is 6.42 Å². The first-order chi connectivity index (χ1) is 4.34. The Hall–Kier alpha value is -1.05. The third-order valence-corrected chi connectivity index (χ3v) is 1.31. The summed E-state index contributed by atoms with van der Waals surface area (Å²) in [6.45, 7) is 3.54. The SMILES string of the molecule is C=CCC1C=CNC1=O. The summed E-state index contributed by atoms with van der Waals surface area (Å²) < 4.78 is 0. The van der Waals surface area contributed by atoms with Crippen LogP contribution in [0.4, 0.5) is 0 Å². The largest absolute Gasteiger partial charge is 0.332 e. The van der Waals surface area contributed by atoms with E-state index in [1.165, 1.54) is 0 Å². The smallest absolute Gasteiger partial charge is 0.231 e. The van der Waals surface area contributed by atoms with Gasteiger partial charge in [0.2, 0.25) is 5.91 Å². The number of allylic oxidation sites excluding steroid dienone is 1. The standard InChI is InChI=1S/C7H9NO/c1-2-3-6-4-5-8-7(6)9/h2,4-6H,1,3H2,(H,8,9). The van der Waals surface area contributed by atoms with Crippen LogP contribution in [0.1, 0.15) is 6.42 Å². The van der Waals surface area contributed by atoms with Gasteiger partial charge in [-0.3, -0.25) is 4.79 Å². The van der Waals surface area contributed by atoms with Gasteiger partial charge in [0.25, 0.3) is 0 Å². The first kappa shape index (κ1) is 6.08. The highest BCUT2D eigenvalue weighted by molar-refractivity contribution is 5.83. The summed E-state index contributed by atoms with van der Waals surface area (Å²) >= 11 is 0. The van der Waals surface area contributed by atoms with Crippen molar-refractivity contribution in [3.8, 4) is 0 Å². The molecule has 0 aromatic heterocycles. The lowest BCUT2D eigenvalue weighted by Crippen LogP contribution is -2.17. The molecule has 0 radical (unpaired) electrons. The molecule has 1 heterocycles. The van der Waals surface area contributed by atoms with Gasteiger partial charge >= 0.3 is 0 Å². The van der Waals surface area contributed by atoms with E-state index < -0.39 is 0 Å². The molecule has 2 nitrogen and oxygen atoms in total. The zero-order chi connectivity index (χ0) is 6.69. The van der Waals surface area contributed by atoms with E-state index in [0.29, 0.717) is 0 Å². The molecule has 0 aromatic carbocycles. The van der Waals surface area contributed by atoms with E-state index >= 15 is 0 Å². The van der Waals surface area contributed by atoms with E-state index in [2.05, 4.69) is 11.9 Å². The van der Waals surface area contributed by atoms with Crippen molar-refractivity contribution < 1.29 is 4.79 Å². The highest BCUT2D eigenvalue weighted by Crippen LogP contribution is 2.09. The molecule has 0 saturated heterocycles. The topological polar surface area (TPSA) is 29.1 Å². The normalized spacial score (nSPS) is 24.0. The minimum absolute atomic E-state index is 0.0301. The average molecular weight is 123 g/mol. The van der Waals surface area contributed by atoms with E-state index in [4.69, 9.17) is 0 Å². The van der Waals surface area contributed by atoms with Gasteiger partial charge in [-0.2, -0.15) is 0 Å². The van der Waals surface area contributed by atoms with Crippen LogP contribution in [0, 0.1) is 5.92 Å². The first-order valence-electron chi connectivity index (χ1n) is 2.92. The molecule has 1 unspecified atom stereocenters. The lowest BCUT2D eigenvalue weighted by atomic mass is 10.1. The van der Waals surface area contributed by atoms with Gasteiger partial charge in [-0.1, -0.05) is 12.2 Å². The molecule has 0 fully saturated rings. The van der Waals surface area contributed by atoms with Crippen LogP contribution in [-0.4, -0.2) is 5.91 Å². The molecule has 0 bridgehead atoms. The summed E-state index contributed by atoms with van der Waals surface area (Å²) in [5.41, 5.74) is 0. The summed E-state index contributed by atoms with van der Waals surface area (Å²) in [7, 11) is 0. The Morgan fingerprint density at radius 3 is 3.11 bits per heavy atom. The third-order valence-electron chi connectivity index (χ3n) is 1.31. The summed E-state index contributed by atoms with van der Waals surface area (Å²) in [6.07, 6.45) is 6.02. The molecule has 1 aliphatic rings. The van der Waals surface area contributed by atoms with Crippen molar-refractivity contribution >= 4 is 5.91 Å². The van der Waals surface area contributed by atoms with E-state index in [1.807, 2.05) is 6.08 Å². The summed E-state index contributed by atoms with van der Waals surface area (Å²) in [5, 5.41) is 2.59. The second-order valence-electron chi connectivity index (χ2n) is 2.00. The lowest BCUT2D eigenvalue weighted by molar-refractivity contribution is -0.121. The van der Waals surface area contributed by atoms with Crippen LogP contribution >= 0.6 is 0 Å². The van der Waals surface area contributed by atoms with Crippen LogP contribution in [0.2, 0.25) is 0 Å². The van der Waals surface area contributed by atoms with Gasteiger partial charge < -0.3 is 5.32 Å². The van der Waals surface area contributed by atoms with Gasteiger partial charge in [-0.05, 0) is 6.42 Å². The van der Waals surface area contributed by atoms with Crippen molar-refractivity contribution in [3.05, 3.63) is 24.9 Å². The molecule has 2 heteroatoms. The molecule has 1 aliphatic heterocycles.